The zero-order valence-corrected chi connectivity index (χ0v) is 47.2. The molecule has 0 fully saturated rings. The number of unbranched alkanes of at least 4 members (excludes halogenated alkanes) is 8. The third kappa shape index (κ3) is 14.1. The first kappa shape index (κ1) is 72.6. The van der Waals surface area contributed by atoms with E-state index in [0.717, 1.165) is 23.5 Å². The van der Waals surface area contributed by atoms with Gasteiger partial charge >= 0.3 is 28.3 Å². The molecule has 91 heavy (non-hydrogen) atoms. The molecule has 2 N–H and O–H groups in total. The summed E-state index contributed by atoms with van der Waals surface area (Å²) in [7, 11) is 0. The highest BCUT2D eigenvalue weighted by molar-refractivity contribution is 6.96. The third-order valence-corrected chi connectivity index (χ3v) is 20.0. The molecule has 0 aliphatic rings. The Kier molecular flexibility index (Phi) is 23.8. The van der Waals surface area contributed by atoms with Crippen LogP contribution in [0.2, 0.25) is 0 Å². The van der Waals surface area contributed by atoms with Gasteiger partial charge in [0.2, 0.25) is 0 Å². The predicted octanol–water partition coefficient (Wildman–Crippen LogP) is 14.4. The van der Waals surface area contributed by atoms with Crippen molar-refractivity contribution in [1.29, 1.82) is 0 Å². The zero-order chi connectivity index (χ0) is 68.3. The number of nitrogens with one attached hydrogen (secondary N) is 1. The molecule has 0 bridgehead atoms. The summed E-state index contributed by atoms with van der Waals surface area (Å²) < 4.78 is 403. The first-order chi connectivity index (χ1) is 42.6. The summed E-state index contributed by atoms with van der Waals surface area (Å²) in [4.78, 5) is 7.85. The molecule has 3 nitrogen and oxygen atoms in total. The van der Waals surface area contributed by atoms with Crippen LogP contribution in [-0.4, -0.2) is 43.4 Å². The van der Waals surface area contributed by atoms with E-state index in [4.69, 9.17) is 0 Å². The third-order valence-electron chi connectivity index (χ3n) is 13.5. The highest BCUT2D eigenvalue weighted by atomic mass is 27.2. The van der Waals surface area contributed by atoms with Crippen molar-refractivity contribution < 1.29 is 137 Å². The lowest BCUT2D eigenvalue weighted by atomic mass is 10.1. The van der Waals surface area contributed by atoms with Gasteiger partial charge in [0, 0.05) is 6.42 Å². The molecule has 8 rings (SSSR count). The van der Waals surface area contributed by atoms with E-state index in [1.54, 1.807) is 12.1 Å². The van der Waals surface area contributed by atoms with Crippen molar-refractivity contribution in [2.45, 2.75) is 71.1 Å². The van der Waals surface area contributed by atoms with E-state index in [9.17, 15) is 137 Å². The largest absolute Gasteiger partial charge is 0.508 e. The maximum atomic E-state index is 14.4. The van der Waals surface area contributed by atoms with Gasteiger partial charge in [0.25, 0.3) is 0 Å². The molecule has 0 amide bonds. The van der Waals surface area contributed by atoms with Gasteiger partial charge in [-0.3, -0.25) is 0 Å². The lowest BCUT2D eigenvalue weighted by Crippen LogP contribution is -2.60. The van der Waals surface area contributed by atoms with Gasteiger partial charge in [0.05, 0.1) is 11.9 Å². The minimum atomic E-state index is -5.96. The smallest absolute Gasteiger partial charge is 0.413 e. The van der Waals surface area contributed by atoms with Crippen LogP contribution in [0.5, 0.6) is 5.75 Å². The molecular formula is C56H30Al2F30N2O. The normalized spacial score (nSPS) is 11.3. The van der Waals surface area contributed by atoms with E-state index in [-0.39, 0.29) is 0 Å². The van der Waals surface area contributed by atoms with Gasteiger partial charge < -0.3 is 10.1 Å². The number of aromatic amines is 1. The fourth-order valence-corrected chi connectivity index (χ4v) is 15.3. The van der Waals surface area contributed by atoms with Crippen LogP contribution in [0.25, 0.3) is 11.3 Å². The Balaban J connectivity index is 0.000000222. The maximum Gasteiger partial charge on any atom is 0.413 e. The van der Waals surface area contributed by atoms with Crippen LogP contribution in [0, 0.1) is 175 Å². The van der Waals surface area contributed by atoms with Gasteiger partial charge in [0.1, 0.15) is 11.6 Å². The van der Waals surface area contributed by atoms with Crippen molar-refractivity contribution in [2.24, 2.45) is 0 Å². The quantitative estimate of drug-likeness (QED) is 0.0314. The number of nitrogens with zero attached hydrogens (tertiary/aromatic N) is 1. The standard InChI is InChI=1S/C20H30N2O.6C6F5.2Al/c1-2-3-4-5-6-7-8-9-10-11-20-21-16-19(22-20)17-12-14-18(23)15-13-17;6*7-2-1-3(8)5(10)6(11)4(2)9;;/h12-16,23H,2-11H2,1H3,(H,21,22);;;;;;;;. The van der Waals surface area contributed by atoms with Crippen molar-refractivity contribution in [1.82, 2.24) is 9.97 Å². The molecule has 486 valence electrons. The number of hydrogen-bond donors (Lipinski definition) is 2. The minimum absolute atomic E-state index is 0.295. The fourth-order valence-electron chi connectivity index (χ4n) is 9.00. The summed E-state index contributed by atoms with van der Waals surface area (Å²) in [5.74, 6) is -87.8. The number of aromatic hydroxyl groups is 1. The van der Waals surface area contributed by atoms with Gasteiger partial charge in [-0.05, 0) is 62.8 Å². The summed E-state index contributed by atoms with van der Waals surface area (Å²) in [6.07, 6.45) is 15.1. The number of aryl methyl sites for hydroxylation is 1. The molecule has 0 spiro atoms. The Hall–Kier alpha value is -7.49. The molecule has 1 heterocycles. The molecular weight excluding hydrogens is 1340 g/mol. The number of aromatic nitrogens is 2. The number of H-pyrrole nitrogens is 1. The van der Waals surface area contributed by atoms with Gasteiger partial charge in [0.15, 0.2) is 175 Å². The van der Waals surface area contributed by atoms with Crippen molar-refractivity contribution >= 4 is 54.8 Å². The van der Waals surface area contributed by atoms with Crippen LogP contribution in [0.1, 0.15) is 70.5 Å². The Morgan fingerprint density at radius 1 is 0.286 bits per heavy atom. The van der Waals surface area contributed by atoms with Gasteiger partial charge in [-0.25, -0.2) is 137 Å². The highest BCUT2D eigenvalue weighted by Crippen LogP contribution is 2.28. The molecule has 0 saturated heterocycles. The van der Waals surface area contributed by atoms with Crippen LogP contribution in [0.4, 0.5) is 132 Å². The van der Waals surface area contributed by atoms with E-state index in [0.29, 0.717) is 5.75 Å². The number of halogens is 30. The molecule has 1 aromatic heterocycles. The van der Waals surface area contributed by atoms with E-state index in [1.165, 1.54) is 57.8 Å². The molecule has 0 saturated carbocycles. The van der Waals surface area contributed by atoms with Gasteiger partial charge in [-0.15, -0.1) is 0 Å². The lowest BCUT2D eigenvalue weighted by Gasteiger charge is -2.20. The summed E-state index contributed by atoms with van der Waals surface area (Å²) in [5, 5.41) is 9.33. The van der Waals surface area contributed by atoms with Crippen molar-refractivity contribution in [3.8, 4) is 17.0 Å². The molecule has 0 unspecified atom stereocenters. The van der Waals surface area contributed by atoms with Crippen LogP contribution in [-0.2, 0) is 6.42 Å². The number of rotatable bonds is 17. The molecule has 8 aromatic rings. The van der Waals surface area contributed by atoms with Crippen molar-refractivity contribution in [3.05, 3.63) is 211 Å². The van der Waals surface area contributed by atoms with Crippen molar-refractivity contribution in [3.63, 3.8) is 0 Å². The number of imidazole rings is 1. The van der Waals surface area contributed by atoms with E-state index >= 15 is 0 Å². The number of phenolic OH excluding ortho intramolecular Hbond substituents is 1. The Morgan fingerprint density at radius 2 is 0.484 bits per heavy atom. The zero-order valence-electron chi connectivity index (χ0n) is 44.8. The monoisotopic (exact) mass is 1370 g/mol. The summed E-state index contributed by atoms with van der Waals surface area (Å²) in [6, 6.07) is 7.23. The maximum absolute atomic E-state index is 14.4. The lowest BCUT2D eigenvalue weighted by molar-refractivity contribution is 0.380. The highest BCUT2D eigenvalue weighted by Gasteiger charge is 2.49. The first-order valence-corrected chi connectivity index (χ1v) is 29.0. The van der Waals surface area contributed by atoms with E-state index < -0.39 is 229 Å². The summed E-state index contributed by atoms with van der Waals surface area (Å²) >= 11 is -11.9. The molecule has 0 aliphatic carbocycles. The Labute approximate surface area is 499 Å². The Bertz CT molecular complexity index is 3370. The molecule has 7 aromatic carbocycles. The first-order valence-electron chi connectivity index (χ1n) is 25.5. The van der Waals surface area contributed by atoms with Crippen molar-refractivity contribution in [2.75, 3.05) is 0 Å². The second-order valence-corrected chi connectivity index (χ2v) is 24.3. The van der Waals surface area contributed by atoms with Crippen LogP contribution in [0.3, 0.4) is 0 Å². The number of hydrogen-bond acceptors (Lipinski definition) is 2. The molecule has 35 heteroatoms. The topological polar surface area (TPSA) is 48.9 Å². The fraction of sp³-hybridized carbons (Fsp3) is 0.196. The van der Waals surface area contributed by atoms with Crippen LogP contribution >= 0.6 is 0 Å². The second kappa shape index (κ2) is 29.9. The molecule has 0 atom stereocenters. The Morgan fingerprint density at radius 3 is 0.703 bits per heavy atom. The molecule has 0 aliphatic heterocycles. The van der Waals surface area contributed by atoms with Crippen LogP contribution in [0.15, 0.2) is 30.5 Å². The van der Waals surface area contributed by atoms with E-state index in [2.05, 4.69) is 16.9 Å². The average molecular weight is 1370 g/mol. The minimum Gasteiger partial charge on any atom is -0.508 e. The summed E-state index contributed by atoms with van der Waals surface area (Å²) in [5.41, 5.74) is 2.09. The van der Waals surface area contributed by atoms with Crippen LogP contribution < -0.4 is 26.6 Å². The second-order valence-electron chi connectivity index (χ2n) is 19.1. The van der Waals surface area contributed by atoms with Gasteiger partial charge in [-0.1, -0.05) is 58.3 Å². The average Bonchev–Trinajstić information content (AvgIpc) is 1.09. The molecule has 0 radical (unpaired) electrons. The predicted molar refractivity (Wildman–Crippen MR) is 263 cm³/mol. The van der Waals surface area contributed by atoms with Gasteiger partial charge in [-0.2, -0.15) is 0 Å². The number of phenols is 1. The SMILES string of the molecule is CCCCCCCCCCCc1ncc(-c2ccc(O)cc2)[nH]1.Fc1c(F)c(F)[c]([Al]([c]2c(F)c(F)c(F)c(F)c2F)[c]2c(F)c(F)c(F)c(F)c2F)c(F)c1F.Fc1c(F)c(F)[c]([Al]([c]2c(F)c(F)c(F)c(F)c2F)[c]2c(F)c(F)c(F)c(F)c2F)c(F)c1F. The summed E-state index contributed by atoms with van der Waals surface area (Å²) in [6.45, 7) is 2.27. The number of benzene rings is 7. The van der Waals surface area contributed by atoms with E-state index in [1.807, 2.05) is 18.3 Å².